The monoisotopic (exact) mass is 392 g/mol. The van der Waals surface area contributed by atoms with E-state index in [0.717, 1.165) is 5.56 Å². The number of hydrogen-bond acceptors (Lipinski definition) is 5. The SMILES string of the molecule is N#Cc1cccc(NS(=O)(=O)c2cccc(C(=O)NCc3ccncc3)c2)c1. The number of anilines is 1. The van der Waals surface area contributed by atoms with Crippen LogP contribution in [0.25, 0.3) is 0 Å². The van der Waals surface area contributed by atoms with Gasteiger partial charge in [-0.2, -0.15) is 5.26 Å². The summed E-state index contributed by atoms with van der Waals surface area (Å²) in [5, 5.41) is 11.7. The van der Waals surface area contributed by atoms with Crippen molar-refractivity contribution in [3.8, 4) is 6.07 Å². The fourth-order valence-electron chi connectivity index (χ4n) is 2.46. The van der Waals surface area contributed by atoms with E-state index < -0.39 is 10.0 Å². The van der Waals surface area contributed by atoms with Crippen molar-refractivity contribution in [1.82, 2.24) is 10.3 Å². The van der Waals surface area contributed by atoms with Crippen molar-refractivity contribution in [2.45, 2.75) is 11.4 Å². The number of nitrogens with zero attached hydrogens (tertiary/aromatic N) is 2. The number of hydrogen-bond donors (Lipinski definition) is 2. The van der Waals surface area contributed by atoms with E-state index >= 15 is 0 Å². The van der Waals surface area contributed by atoms with E-state index in [4.69, 9.17) is 5.26 Å². The molecule has 28 heavy (non-hydrogen) atoms. The Kier molecular flexibility index (Phi) is 5.67. The highest BCUT2D eigenvalue weighted by atomic mass is 32.2. The van der Waals surface area contributed by atoms with Gasteiger partial charge in [0.15, 0.2) is 0 Å². The van der Waals surface area contributed by atoms with Gasteiger partial charge in [0, 0.05) is 24.5 Å². The number of sulfonamides is 1. The second-order valence-corrected chi connectivity index (χ2v) is 7.55. The van der Waals surface area contributed by atoms with Crippen LogP contribution in [0.15, 0.2) is 78.0 Å². The summed E-state index contributed by atoms with van der Waals surface area (Å²) in [7, 11) is -3.91. The Balaban J connectivity index is 1.75. The Labute approximate surface area is 162 Å². The maximum Gasteiger partial charge on any atom is 0.261 e. The predicted molar refractivity (Wildman–Crippen MR) is 104 cm³/mol. The molecule has 3 aromatic rings. The Hall–Kier alpha value is -3.70. The second kappa shape index (κ2) is 8.33. The molecule has 1 heterocycles. The number of aromatic nitrogens is 1. The quantitative estimate of drug-likeness (QED) is 0.670. The molecule has 7 nitrogen and oxygen atoms in total. The van der Waals surface area contributed by atoms with Crippen LogP contribution in [-0.4, -0.2) is 19.3 Å². The van der Waals surface area contributed by atoms with E-state index in [-0.39, 0.29) is 22.1 Å². The first-order valence-corrected chi connectivity index (χ1v) is 9.76. The van der Waals surface area contributed by atoms with Gasteiger partial charge in [0.25, 0.3) is 15.9 Å². The average Bonchev–Trinajstić information content (AvgIpc) is 2.72. The van der Waals surface area contributed by atoms with Crippen LogP contribution in [0.1, 0.15) is 21.5 Å². The molecule has 2 N–H and O–H groups in total. The fourth-order valence-corrected chi connectivity index (χ4v) is 3.55. The van der Waals surface area contributed by atoms with Crippen molar-refractivity contribution >= 4 is 21.6 Å². The van der Waals surface area contributed by atoms with E-state index in [0.29, 0.717) is 12.1 Å². The summed E-state index contributed by atoms with van der Waals surface area (Å²) in [4.78, 5) is 16.2. The smallest absolute Gasteiger partial charge is 0.261 e. The van der Waals surface area contributed by atoms with E-state index in [2.05, 4.69) is 15.0 Å². The topological polar surface area (TPSA) is 112 Å². The molecule has 0 aliphatic rings. The van der Waals surface area contributed by atoms with E-state index in [1.807, 2.05) is 6.07 Å². The van der Waals surface area contributed by atoms with Gasteiger partial charge >= 0.3 is 0 Å². The molecule has 0 spiro atoms. The molecule has 0 saturated carbocycles. The van der Waals surface area contributed by atoms with E-state index in [1.54, 1.807) is 42.7 Å². The molecule has 0 unspecified atom stereocenters. The molecule has 1 amide bonds. The maximum absolute atomic E-state index is 12.6. The molecular formula is C20H16N4O3S. The van der Waals surface area contributed by atoms with Crippen LogP contribution < -0.4 is 10.0 Å². The Bertz CT molecular complexity index is 1140. The minimum atomic E-state index is -3.91. The summed E-state index contributed by atoms with van der Waals surface area (Å²) < 4.78 is 27.7. The Morgan fingerprint density at radius 1 is 1.04 bits per heavy atom. The summed E-state index contributed by atoms with van der Waals surface area (Å²) in [6, 6.07) is 17.4. The van der Waals surface area contributed by atoms with Crippen molar-refractivity contribution in [3.63, 3.8) is 0 Å². The van der Waals surface area contributed by atoms with Crippen molar-refractivity contribution < 1.29 is 13.2 Å². The third-order valence-corrected chi connectivity index (χ3v) is 5.23. The van der Waals surface area contributed by atoms with Gasteiger partial charge in [-0.25, -0.2) is 8.42 Å². The zero-order chi connectivity index (χ0) is 20.0. The van der Waals surface area contributed by atoms with Crippen LogP contribution >= 0.6 is 0 Å². The standard InChI is InChI=1S/C20H16N4O3S/c21-13-16-3-1-5-18(11-16)24-28(26,27)19-6-2-4-17(12-19)20(25)23-14-15-7-9-22-10-8-15/h1-12,24H,14H2,(H,23,25). The van der Waals surface area contributed by atoms with Crippen LogP contribution in [0, 0.1) is 11.3 Å². The number of amides is 1. The predicted octanol–water partition coefficient (Wildman–Crippen LogP) is 2.68. The molecule has 140 valence electrons. The highest BCUT2D eigenvalue weighted by Crippen LogP contribution is 2.18. The largest absolute Gasteiger partial charge is 0.348 e. The lowest BCUT2D eigenvalue weighted by molar-refractivity contribution is 0.0950. The van der Waals surface area contributed by atoms with E-state index in [9.17, 15) is 13.2 Å². The molecule has 0 aliphatic carbocycles. The van der Waals surface area contributed by atoms with Crippen LogP contribution in [0.5, 0.6) is 0 Å². The molecule has 0 saturated heterocycles. The number of nitriles is 1. The normalized spacial score (nSPS) is 10.7. The Morgan fingerprint density at radius 3 is 2.54 bits per heavy atom. The summed E-state index contributed by atoms with van der Waals surface area (Å²) >= 11 is 0. The van der Waals surface area contributed by atoms with Gasteiger partial charge in [-0.1, -0.05) is 12.1 Å². The first-order valence-electron chi connectivity index (χ1n) is 8.28. The number of carbonyl (C=O) groups is 1. The Morgan fingerprint density at radius 2 is 1.79 bits per heavy atom. The molecule has 0 radical (unpaired) electrons. The van der Waals surface area contributed by atoms with Crippen molar-refractivity contribution in [3.05, 3.63) is 89.7 Å². The third kappa shape index (κ3) is 4.72. The third-order valence-electron chi connectivity index (χ3n) is 3.85. The fraction of sp³-hybridized carbons (Fsp3) is 0.0500. The number of nitrogens with one attached hydrogen (secondary N) is 2. The highest BCUT2D eigenvalue weighted by Gasteiger charge is 2.16. The zero-order valence-corrected chi connectivity index (χ0v) is 15.5. The van der Waals surface area contributed by atoms with Crippen molar-refractivity contribution in [2.75, 3.05) is 4.72 Å². The summed E-state index contributed by atoms with van der Waals surface area (Å²) in [5.41, 5.74) is 1.71. The van der Waals surface area contributed by atoms with E-state index in [1.165, 1.54) is 30.3 Å². The minimum Gasteiger partial charge on any atom is -0.348 e. The number of pyridine rings is 1. The van der Waals surface area contributed by atoms with Gasteiger partial charge in [0.2, 0.25) is 0 Å². The van der Waals surface area contributed by atoms with Crippen LogP contribution in [-0.2, 0) is 16.6 Å². The van der Waals surface area contributed by atoms with Crippen molar-refractivity contribution in [2.24, 2.45) is 0 Å². The average molecular weight is 392 g/mol. The number of carbonyl (C=O) groups excluding carboxylic acids is 1. The second-order valence-electron chi connectivity index (χ2n) is 5.86. The number of benzene rings is 2. The molecule has 3 rings (SSSR count). The molecule has 8 heteroatoms. The summed E-state index contributed by atoms with van der Waals surface area (Å²) in [6.07, 6.45) is 3.25. The van der Waals surface area contributed by atoms with Gasteiger partial charge in [-0.05, 0) is 54.1 Å². The van der Waals surface area contributed by atoms with Crippen LogP contribution in [0.2, 0.25) is 0 Å². The minimum absolute atomic E-state index is 0.0496. The molecular weight excluding hydrogens is 376 g/mol. The maximum atomic E-state index is 12.6. The lowest BCUT2D eigenvalue weighted by Gasteiger charge is -2.10. The molecule has 0 bridgehead atoms. The lowest BCUT2D eigenvalue weighted by Crippen LogP contribution is -2.23. The highest BCUT2D eigenvalue weighted by molar-refractivity contribution is 7.92. The van der Waals surface area contributed by atoms with Crippen LogP contribution in [0.4, 0.5) is 5.69 Å². The zero-order valence-electron chi connectivity index (χ0n) is 14.7. The van der Waals surface area contributed by atoms with Gasteiger partial charge in [0.1, 0.15) is 0 Å². The first-order chi connectivity index (χ1) is 13.5. The molecule has 0 atom stereocenters. The molecule has 1 aromatic heterocycles. The molecule has 0 aliphatic heterocycles. The molecule has 0 fully saturated rings. The van der Waals surface area contributed by atoms with Crippen LogP contribution in [0.3, 0.4) is 0 Å². The van der Waals surface area contributed by atoms with Gasteiger partial charge < -0.3 is 5.32 Å². The number of rotatable bonds is 6. The summed E-state index contributed by atoms with van der Waals surface area (Å²) in [5.74, 6) is -0.389. The summed E-state index contributed by atoms with van der Waals surface area (Å²) in [6.45, 7) is 0.303. The van der Waals surface area contributed by atoms with Gasteiger partial charge in [-0.15, -0.1) is 0 Å². The van der Waals surface area contributed by atoms with Gasteiger partial charge in [0.05, 0.1) is 22.2 Å². The first kappa shape index (κ1) is 19.1. The van der Waals surface area contributed by atoms with Crippen molar-refractivity contribution in [1.29, 1.82) is 5.26 Å². The molecule has 2 aromatic carbocycles. The van der Waals surface area contributed by atoms with Gasteiger partial charge in [-0.3, -0.25) is 14.5 Å². The lowest BCUT2D eigenvalue weighted by atomic mass is 10.2.